The van der Waals surface area contributed by atoms with E-state index in [9.17, 15) is 23.4 Å². The lowest BCUT2D eigenvalue weighted by Gasteiger charge is -2.16. The summed E-state index contributed by atoms with van der Waals surface area (Å²) in [6.45, 7) is 0. The Balaban J connectivity index is 2.49. The van der Waals surface area contributed by atoms with Crippen LogP contribution in [-0.4, -0.2) is 39.5 Å². The van der Waals surface area contributed by atoms with Crippen molar-refractivity contribution < 1.29 is 33.7 Å². The van der Waals surface area contributed by atoms with Gasteiger partial charge in [0.05, 0.1) is 12.2 Å². The van der Waals surface area contributed by atoms with E-state index in [0.29, 0.717) is 5.69 Å². The summed E-state index contributed by atoms with van der Waals surface area (Å²) in [5.74, 6) is -3.69. The molecule has 7 nitrogen and oxygen atoms in total. The molecule has 23 heavy (non-hydrogen) atoms. The summed E-state index contributed by atoms with van der Waals surface area (Å²) in [5, 5.41) is 20.3. The Bertz CT molecular complexity index is 591. The molecule has 0 heterocycles. The second-order valence-corrected chi connectivity index (χ2v) is 7.62. The van der Waals surface area contributed by atoms with Gasteiger partial charge in [0.2, 0.25) is 7.37 Å². The third kappa shape index (κ3) is 7.76. The molecule has 1 aromatic carbocycles. The van der Waals surface area contributed by atoms with E-state index in [1.165, 1.54) is 24.3 Å². The Morgan fingerprint density at radius 1 is 1.17 bits per heavy atom. The first-order valence-corrected chi connectivity index (χ1v) is 8.97. The van der Waals surface area contributed by atoms with E-state index in [0.717, 1.165) is 0 Å². The highest BCUT2D eigenvalue weighted by molar-refractivity contribution is 7.58. The molecule has 0 aliphatic heterocycles. The standard InChI is InChI=1S/C14H19FNO6P/c15-11-2-4-12(5-3-11)16-9-23(21,22)8-7-10(14(19)20)1-6-13(17)18/h2-5,10,16H,1,6-9H2,(H,17,18)(H,19,20)(H,21,22). The summed E-state index contributed by atoms with van der Waals surface area (Å²) in [6, 6.07) is 5.25. The lowest BCUT2D eigenvalue weighted by Crippen LogP contribution is -2.17. The first-order valence-electron chi connectivity index (χ1n) is 6.94. The van der Waals surface area contributed by atoms with Crippen molar-refractivity contribution in [3.8, 4) is 0 Å². The molecule has 128 valence electrons. The van der Waals surface area contributed by atoms with Gasteiger partial charge < -0.3 is 20.4 Å². The molecule has 0 fully saturated rings. The molecule has 2 unspecified atom stereocenters. The maximum Gasteiger partial charge on any atom is 0.306 e. The number of nitrogens with one attached hydrogen (secondary N) is 1. The third-order valence-corrected chi connectivity index (χ3v) is 4.87. The average molecular weight is 347 g/mol. The number of aliphatic carboxylic acids is 2. The SMILES string of the molecule is O=C(O)CCC(CCP(=O)(O)CNc1ccc(F)cc1)C(=O)O. The number of carboxylic acids is 2. The first kappa shape index (κ1) is 19.1. The van der Waals surface area contributed by atoms with Crippen molar-refractivity contribution in [1.82, 2.24) is 0 Å². The zero-order valence-corrected chi connectivity index (χ0v) is 13.2. The summed E-state index contributed by atoms with van der Waals surface area (Å²) in [6.07, 6.45) is -0.986. The maximum absolute atomic E-state index is 12.7. The molecule has 0 aliphatic rings. The quantitative estimate of drug-likeness (QED) is 0.479. The van der Waals surface area contributed by atoms with Crippen molar-refractivity contribution in [2.24, 2.45) is 5.92 Å². The minimum Gasteiger partial charge on any atom is -0.481 e. The van der Waals surface area contributed by atoms with Crippen LogP contribution in [0.2, 0.25) is 0 Å². The van der Waals surface area contributed by atoms with Gasteiger partial charge in [0, 0.05) is 18.3 Å². The van der Waals surface area contributed by atoms with Crippen molar-refractivity contribution in [3.63, 3.8) is 0 Å². The minimum atomic E-state index is -3.63. The first-order chi connectivity index (χ1) is 10.7. The number of hydrogen-bond donors (Lipinski definition) is 4. The lowest BCUT2D eigenvalue weighted by atomic mass is 10.0. The molecule has 1 rings (SSSR count). The highest BCUT2D eigenvalue weighted by Crippen LogP contribution is 2.42. The molecule has 0 amide bonds. The lowest BCUT2D eigenvalue weighted by molar-refractivity contribution is -0.143. The van der Waals surface area contributed by atoms with E-state index in [1.807, 2.05) is 0 Å². The van der Waals surface area contributed by atoms with Crippen LogP contribution in [0.1, 0.15) is 19.3 Å². The number of rotatable bonds is 10. The fourth-order valence-electron chi connectivity index (χ4n) is 1.91. The van der Waals surface area contributed by atoms with Gasteiger partial charge in [-0.2, -0.15) is 0 Å². The van der Waals surface area contributed by atoms with Crippen molar-refractivity contribution in [2.45, 2.75) is 19.3 Å². The molecule has 0 saturated carbocycles. The summed E-state index contributed by atoms with van der Waals surface area (Å²) in [5.41, 5.74) is 0.473. The van der Waals surface area contributed by atoms with E-state index in [2.05, 4.69) is 5.32 Å². The largest absolute Gasteiger partial charge is 0.481 e. The van der Waals surface area contributed by atoms with Crippen LogP contribution in [0.3, 0.4) is 0 Å². The summed E-state index contributed by atoms with van der Waals surface area (Å²) in [4.78, 5) is 31.3. The van der Waals surface area contributed by atoms with Crippen LogP contribution in [0.4, 0.5) is 10.1 Å². The number of benzene rings is 1. The number of carbonyl (C=O) groups is 2. The van der Waals surface area contributed by atoms with Crippen LogP contribution in [0.15, 0.2) is 24.3 Å². The normalized spacial score (nSPS) is 14.7. The molecular weight excluding hydrogens is 328 g/mol. The number of hydrogen-bond acceptors (Lipinski definition) is 4. The molecule has 9 heteroatoms. The Kier molecular flexibility index (Phi) is 7.19. The zero-order valence-electron chi connectivity index (χ0n) is 12.3. The topological polar surface area (TPSA) is 124 Å². The molecule has 0 aromatic heterocycles. The molecule has 0 saturated heterocycles. The zero-order chi connectivity index (χ0) is 17.5. The third-order valence-electron chi connectivity index (χ3n) is 3.26. The molecular formula is C14H19FNO6P. The van der Waals surface area contributed by atoms with Gasteiger partial charge in [0.15, 0.2) is 0 Å². The van der Waals surface area contributed by atoms with Crippen LogP contribution < -0.4 is 5.32 Å². The van der Waals surface area contributed by atoms with Crippen LogP contribution in [0.25, 0.3) is 0 Å². The molecule has 0 bridgehead atoms. The highest BCUT2D eigenvalue weighted by Gasteiger charge is 2.24. The van der Waals surface area contributed by atoms with Gasteiger partial charge in [-0.15, -0.1) is 0 Å². The van der Waals surface area contributed by atoms with Crippen molar-refractivity contribution in [2.75, 3.05) is 17.8 Å². The second kappa shape index (κ2) is 8.64. The predicted octanol–water partition coefficient (Wildman–Crippen LogP) is 2.42. The average Bonchev–Trinajstić information content (AvgIpc) is 2.46. The summed E-state index contributed by atoms with van der Waals surface area (Å²) < 4.78 is 24.8. The summed E-state index contributed by atoms with van der Waals surface area (Å²) in [7, 11) is -3.63. The molecule has 0 aliphatic carbocycles. The van der Waals surface area contributed by atoms with Crippen molar-refractivity contribution in [3.05, 3.63) is 30.1 Å². The van der Waals surface area contributed by atoms with E-state index < -0.39 is 31.0 Å². The van der Waals surface area contributed by atoms with Gasteiger partial charge in [-0.1, -0.05) is 0 Å². The van der Waals surface area contributed by atoms with Gasteiger partial charge in [-0.05, 0) is 37.1 Å². The Hall–Kier alpha value is -1.92. The molecule has 0 spiro atoms. The second-order valence-electron chi connectivity index (χ2n) is 5.17. The molecule has 4 N–H and O–H groups in total. The fraction of sp³-hybridized carbons (Fsp3) is 0.429. The number of anilines is 1. The molecule has 1 aromatic rings. The van der Waals surface area contributed by atoms with Crippen LogP contribution >= 0.6 is 7.37 Å². The monoisotopic (exact) mass is 347 g/mol. The van der Waals surface area contributed by atoms with Gasteiger partial charge in [0.25, 0.3) is 0 Å². The smallest absolute Gasteiger partial charge is 0.306 e. The van der Waals surface area contributed by atoms with Gasteiger partial charge >= 0.3 is 11.9 Å². The minimum absolute atomic E-state index is 0.0819. The Labute approximate surface area is 132 Å². The van der Waals surface area contributed by atoms with Crippen LogP contribution in [0, 0.1) is 11.7 Å². The summed E-state index contributed by atoms with van der Waals surface area (Å²) >= 11 is 0. The maximum atomic E-state index is 12.7. The van der Waals surface area contributed by atoms with E-state index in [1.54, 1.807) is 0 Å². The Morgan fingerprint density at radius 2 is 1.78 bits per heavy atom. The number of halogens is 1. The highest BCUT2D eigenvalue weighted by atomic mass is 31.2. The number of carboxylic acid groups (broad SMARTS) is 2. The van der Waals surface area contributed by atoms with Gasteiger partial charge in [-0.3, -0.25) is 14.2 Å². The predicted molar refractivity (Wildman–Crippen MR) is 82.2 cm³/mol. The van der Waals surface area contributed by atoms with Gasteiger partial charge in [0.1, 0.15) is 5.82 Å². The van der Waals surface area contributed by atoms with E-state index >= 15 is 0 Å². The molecule has 0 radical (unpaired) electrons. The van der Waals surface area contributed by atoms with Crippen LogP contribution in [0.5, 0.6) is 0 Å². The van der Waals surface area contributed by atoms with E-state index in [4.69, 9.17) is 10.2 Å². The van der Waals surface area contributed by atoms with Crippen molar-refractivity contribution >= 4 is 25.0 Å². The fourth-order valence-corrected chi connectivity index (χ4v) is 3.21. The van der Waals surface area contributed by atoms with Crippen molar-refractivity contribution in [1.29, 1.82) is 0 Å². The molecule has 2 atom stereocenters. The van der Waals surface area contributed by atoms with E-state index in [-0.39, 0.29) is 31.7 Å². The van der Waals surface area contributed by atoms with Gasteiger partial charge in [-0.25, -0.2) is 4.39 Å². The Morgan fingerprint density at radius 3 is 2.30 bits per heavy atom. The van der Waals surface area contributed by atoms with Crippen LogP contribution in [-0.2, 0) is 14.2 Å².